The molecule has 0 atom stereocenters. The molecule has 1 saturated heterocycles. The van der Waals surface area contributed by atoms with Crippen LogP contribution >= 0.6 is 11.6 Å². The molecule has 1 aromatic carbocycles. The standard InChI is InChI=1S/C19H31ClN4O/c1-5-21-18(24(4)14-16-7-6-8-17(20)13-16)22-15-19(23(2)3)9-11-25-12-10-19/h6-8,13H,5,9-12,14-15H2,1-4H3,(H,21,22). The summed E-state index contributed by atoms with van der Waals surface area (Å²) in [5.74, 6) is 0.926. The molecule has 0 bridgehead atoms. The second-order valence-electron chi connectivity index (χ2n) is 6.89. The SMILES string of the molecule is CCNC(=NCC1(N(C)C)CCOCC1)N(C)Cc1cccc(Cl)c1. The van der Waals surface area contributed by atoms with Gasteiger partial charge in [0, 0.05) is 43.9 Å². The highest BCUT2D eigenvalue weighted by atomic mass is 35.5. The second-order valence-corrected chi connectivity index (χ2v) is 7.32. The topological polar surface area (TPSA) is 40.1 Å². The monoisotopic (exact) mass is 366 g/mol. The molecule has 0 spiro atoms. The third-order valence-corrected chi connectivity index (χ3v) is 5.14. The van der Waals surface area contributed by atoms with E-state index in [-0.39, 0.29) is 5.54 Å². The number of hydrogen-bond acceptors (Lipinski definition) is 3. The van der Waals surface area contributed by atoms with E-state index in [0.717, 1.165) is 56.7 Å². The fraction of sp³-hybridized carbons (Fsp3) is 0.632. The first kappa shape index (κ1) is 20.0. The highest BCUT2D eigenvalue weighted by Crippen LogP contribution is 2.26. The zero-order chi connectivity index (χ0) is 18.3. The van der Waals surface area contributed by atoms with Crippen molar-refractivity contribution in [3.8, 4) is 0 Å². The van der Waals surface area contributed by atoms with Crippen molar-refractivity contribution < 1.29 is 4.74 Å². The number of nitrogens with one attached hydrogen (secondary N) is 1. The molecule has 1 aliphatic heterocycles. The number of aliphatic imine (C=N–C) groups is 1. The van der Waals surface area contributed by atoms with Gasteiger partial charge in [0.2, 0.25) is 0 Å². The van der Waals surface area contributed by atoms with E-state index in [1.54, 1.807) is 0 Å². The lowest BCUT2D eigenvalue weighted by atomic mass is 9.89. The van der Waals surface area contributed by atoms with Crippen molar-refractivity contribution in [2.45, 2.75) is 31.8 Å². The van der Waals surface area contributed by atoms with E-state index in [1.807, 2.05) is 18.2 Å². The minimum absolute atomic E-state index is 0.0792. The Hall–Kier alpha value is -1.30. The molecular weight excluding hydrogens is 336 g/mol. The van der Waals surface area contributed by atoms with Crippen molar-refractivity contribution >= 4 is 17.6 Å². The Morgan fingerprint density at radius 3 is 2.60 bits per heavy atom. The van der Waals surface area contributed by atoms with Gasteiger partial charge in [-0.1, -0.05) is 23.7 Å². The molecule has 140 valence electrons. The third kappa shape index (κ3) is 5.59. The Bertz CT molecular complexity index is 570. The minimum Gasteiger partial charge on any atom is -0.381 e. The largest absolute Gasteiger partial charge is 0.381 e. The van der Waals surface area contributed by atoms with E-state index >= 15 is 0 Å². The van der Waals surface area contributed by atoms with Crippen LogP contribution in [-0.4, -0.2) is 68.7 Å². The quantitative estimate of drug-likeness (QED) is 0.620. The molecule has 1 aromatic rings. The van der Waals surface area contributed by atoms with Crippen molar-refractivity contribution in [3.63, 3.8) is 0 Å². The number of ether oxygens (including phenoxy) is 1. The average Bonchev–Trinajstić information content (AvgIpc) is 2.59. The molecule has 1 heterocycles. The molecule has 0 radical (unpaired) electrons. The molecule has 0 aromatic heterocycles. The number of guanidine groups is 1. The lowest BCUT2D eigenvalue weighted by molar-refractivity contribution is -0.00262. The van der Waals surface area contributed by atoms with E-state index in [9.17, 15) is 0 Å². The fourth-order valence-corrected chi connectivity index (χ4v) is 3.39. The van der Waals surface area contributed by atoms with Crippen LogP contribution in [0.2, 0.25) is 5.02 Å². The summed E-state index contributed by atoms with van der Waals surface area (Å²) in [5, 5.41) is 4.17. The first-order valence-electron chi connectivity index (χ1n) is 8.96. The number of nitrogens with zero attached hydrogens (tertiary/aromatic N) is 3. The molecule has 0 aliphatic carbocycles. The van der Waals surface area contributed by atoms with Gasteiger partial charge in [-0.3, -0.25) is 4.99 Å². The van der Waals surface area contributed by atoms with Gasteiger partial charge in [0.05, 0.1) is 6.54 Å². The van der Waals surface area contributed by atoms with Gasteiger partial charge in [-0.05, 0) is 51.6 Å². The number of benzene rings is 1. The normalized spacial score (nSPS) is 17.6. The summed E-state index contributed by atoms with van der Waals surface area (Å²) < 4.78 is 5.55. The Morgan fingerprint density at radius 2 is 2.00 bits per heavy atom. The predicted molar refractivity (Wildman–Crippen MR) is 105 cm³/mol. The Labute approximate surface area is 157 Å². The summed E-state index contributed by atoms with van der Waals surface area (Å²) in [7, 11) is 6.35. The molecule has 5 nitrogen and oxygen atoms in total. The molecule has 2 rings (SSSR count). The van der Waals surface area contributed by atoms with Gasteiger partial charge in [0.25, 0.3) is 0 Å². The number of rotatable bonds is 6. The van der Waals surface area contributed by atoms with Crippen molar-refractivity contribution in [2.75, 3.05) is 47.4 Å². The van der Waals surface area contributed by atoms with Crippen LogP contribution in [0.1, 0.15) is 25.3 Å². The van der Waals surface area contributed by atoms with Crippen LogP contribution in [0.3, 0.4) is 0 Å². The zero-order valence-electron chi connectivity index (χ0n) is 15.9. The maximum absolute atomic E-state index is 6.10. The molecular formula is C19H31ClN4O. The Kier molecular flexibility index (Phi) is 7.54. The van der Waals surface area contributed by atoms with Crippen molar-refractivity contribution in [1.82, 2.24) is 15.1 Å². The van der Waals surface area contributed by atoms with Gasteiger partial charge >= 0.3 is 0 Å². The summed E-state index contributed by atoms with van der Waals surface area (Å²) in [6, 6.07) is 7.97. The van der Waals surface area contributed by atoms with E-state index in [0.29, 0.717) is 0 Å². The highest BCUT2D eigenvalue weighted by Gasteiger charge is 2.34. The first-order chi connectivity index (χ1) is 12.0. The maximum Gasteiger partial charge on any atom is 0.194 e. The van der Waals surface area contributed by atoms with Crippen molar-refractivity contribution in [3.05, 3.63) is 34.9 Å². The van der Waals surface area contributed by atoms with Gasteiger partial charge in [-0.2, -0.15) is 0 Å². The van der Waals surface area contributed by atoms with Crippen LogP contribution in [0.15, 0.2) is 29.3 Å². The molecule has 0 amide bonds. The van der Waals surface area contributed by atoms with Crippen molar-refractivity contribution in [1.29, 1.82) is 0 Å². The van der Waals surface area contributed by atoms with Crippen LogP contribution in [0, 0.1) is 0 Å². The summed E-state index contributed by atoms with van der Waals surface area (Å²) >= 11 is 6.10. The fourth-order valence-electron chi connectivity index (χ4n) is 3.17. The lowest BCUT2D eigenvalue weighted by Gasteiger charge is -2.42. The second kappa shape index (κ2) is 9.41. The van der Waals surface area contributed by atoms with E-state index < -0.39 is 0 Å². The predicted octanol–water partition coefficient (Wildman–Crippen LogP) is 2.85. The summed E-state index contributed by atoms with van der Waals surface area (Å²) in [6.07, 6.45) is 2.03. The smallest absolute Gasteiger partial charge is 0.194 e. The summed E-state index contributed by atoms with van der Waals surface area (Å²) in [5.41, 5.74) is 1.25. The van der Waals surface area contributed by atoms with Gasteiger partial charge in [-0.15, -0.1) is 0 Å². The van der Waals surface area contributed by atoms with Crippen LogP contribution in [-0.2, 0) is 11.3 Å². The van der Waals surface area contributed by atoms with Gasteiger partial charge in [0.15, 0.2) is 5.96 Å². The van der Waals surface area contributed by atoms with Crippen LogP contribution in [0.4, 0.5) is 0 Å². The van der Waals surface area contributed by atoms with E-state index in [4.69, 9.17) is 21.3 Å². The Morgan fingerprint density at radius 1 is 1.28 bits per heavy atom. The van der Waals surface area contributed by atoms with Gasteiger partial charge in [-0.25, -0.2) is 0 Å². The number of hydrogen-bond donors (Lipinski definition) is 1. The molecule has 1 fully saturated rings. The summed E-state index contributed by atoms with van der Waals surface area (Å²) in [6.45, 7) is 6.09. The lowest BCUT2D eigenvalue weighted by Crippen LogP contribution is -2.51. The maximum atomic E-state index is 6.10. The first-order valence-corrected chi connectivity index (χ1v) is 9.34. The van der Waals surface area contributed by atoms with Crippen LogP contribution in [0.25, 0.3) is 0 Å². The molecule has 0 unspecified atom stereocenters. The molecule has 0 saturated carbocycles. The van der Waals surface area contributed by atoms with Gasteiger partial charge in [0.1, 0.15) is 0 Å². The molecule has 6 heteroatoms. The van der Waals surface area contributed by atoms with E-state index in [2.05, 4.69) is 49.2 Å². The highest BCUT2D eigenvalue weighted by molar-refractivity contribution is 6.30. The van der Waals surface area contributed by atoms with Gasteiger partial charge < -0.3 is 19.9 Å². The van der Waals surface area contributed by atoms with Crippen molar-refractivity contribution in [2.24, 2.45) is 4.99 Å². The minimum atomic E-state index is 0.0792. The molecule has 1 N–H and O–H groups in total. The average molecular weight is 367 g/mol. The Balaban J connectivity index is 2.10. The zero-order valence-corrected chi connectivity index (χ0v) is 16.6. The molecule has 25 heavy (non-hydrogen) atoms. The molecule has 1 aliphatic rings. The summed E-state index contributed by atoms with van der Waals surface area (Å²) in [4.78, 5) is 9.41. The van der Waals surface area contributed by atoms with Crippen LogP contribution in [0.5, 0.6) is 0 Å². The van der Waals surface area contributed by atoms with Crippen LogP contribution < -0.4 is 5.32 Å². The number of likely N-dealkylation sites (N-methyl/N-ethyl adjacent to an activating group) is 1. The third-order valence-electron chi connectivity index (χ3n) is 4.90. The van der Waals surface area contributed by atoms with E-state index in [1.165, 1.54) is 5.56 Å². The number of halogens is 1.